The molecule has 0 aromatic heterocycles. The van der Waals surface area contributed by atoms with E-state index in [1.807, 2.05) is 0 Å². The van der Waals surface area contributed by atoms with Crippen LogP contribution in [0.3, 0.4) is 0 Å². The van der Waals surface area contributed by atoms with Crippen LogP contribution in [0.2, 0.25) is 5.02 Å². The molecule has 1 atom stereocenters. The summed E-state index contributed by atoms with van der Waals surface area (Å²) in [4.78, 5) is 23.7. The summed E-state index contributed by atoms with van der Waals surface area (Å²) in [6.45, 7) is 3.34. The number of thioether (sulfide) groups is 1. The number of benzene rings is 1. The van der Waals surface area contributed by atoms with Crippen molar-refractivity contribution in [2.45, 2.75) is 31.9 Å². The second kappa shape index (κ2) is 6.06. The molecule has 1 N–H and O–H groups in total. The average molecular weight is 314 g/mol. The first-order chi connectivity index (χ1) is 9.38. The lowest BCUT2D eigenvalue weighted by Gasteiger charge is -2.26. The molecule has 0 saturated carbocycles. The quantitative estimate of drug-likeness (QED) is 0.928. The fraction of sp³-hybridized carbons (Fsp3) is 0.429. The summed E-state index contributed by atoms with van der Waals surface area (Å²) in [5.41, 5.74) is -1.05. The van der Waals surface area contributed by atoms with E-state index in [2.05, 4.69) is 5.32 Å². The first-order valence-corrected chi connectivity index (χ1v) is 7.67. The molecule has 6 heteroatoms. The maximum absolute atomic E-state index is 12.2. The van der Waals surface area contributed by atoms with E-state index in [0.29, 0.717) is 17.2 Å². The minimum atomic E-state index is -1.05. The summed E-state index contributed by atoms with van der Waals surface area (Å²) in [6.07, 6.45) is 0.673. The van der Waals surface area contributed by atoms with E-state index in [1.165, 1.54) is 11.8 Å². The summed E-state index contributed by atoms with van der Waals surface area (Å²) in [5, 5.41) is 3.36. The summed E-state index contributed by atoms with van der Waals surface area (Å²) in [7, 11) is 0. The molecule has 1 aromatic rings. The van der Waals surface area contributed by atoms with Crippen molar-refractivity contribution < 1.29 is 14.3 Å². The van der Waals surface area contributed by atoms with Gasteiger partial charge in [0, 0.05) is 10.8 Å². The Morgan fingerprint density at radius 2 is 2.05 bits per heavy atom. The van der Waals surface area contributed by atoms with Crippen molar-refractivity contribution in [1.82, 2.24) is 5.32 Å². The van der Waals surface area contributed by atoms with Crippen molar-refractivity contribution in [2.75, 3.05) is 5.75 Å². The molecule has 1 aliphatic rings. The zero-order chi connectivity index (χ0) is 14.8. The highest BCUT2D eigenvalue weighted by atomic mass is 35.5. The number of hydrogen-bond donors (Lipinski definition) is 1. The molecular weight excluding hydrogens is 298 g/mol. The van der Waals surface area contributed by atoms with Gasteiger partial charge in [0.05, 0.1) is 6.04 Å². The number of carbonyl (C=O) groups is 2. The normalized spacial score (nSPS) is 18.9. The van der Waals surface area contributed by atoms with Gasteiger partial charge in [0.2, 0.25) is 5.12 Å². The van der Waals surface area contributed by atoms with Gasteiger partial charge in [-0.2, -0.15) is 0 Å². The zero-order valence-electron chi connectivity index (χ0n) is 11.3. The van der Waals surface area contributed by atoms with E-state index < -0.39 is 11.6 Å². The Morgan fingerprint density at radius 3 is 2.60 bits per heavy atom. The van der Waals surface area contributed by atoms with E-state index >= 15 is 0 Å². The number of carbonyl (C=O) groups excluding carboxylic acids is 2. The van der Waals surface area contributed by atoms with Gasteiger partial charge in [0.15, 0.2) is 5.60 Å². The first kappa shape index (κ1) is 15.2. The Kier molecular flexibility index (Phi) is 4.60. The Morgan fingerprint density at radius 1 is 1.40 bits per heavy atom. The maximum Gasteiger partial charge on any atom is 0.264 e. The minimum Gasteiger partial charge on any atom is -0.478 e. The highest BCUT2D eigenvalue weighted by molar-refractivity contribution is 8.14. The Bertz CT molecular complexity index is 516. The lowest BCUT2D eigenvalue weighted by molar-refractivity contribution is -0.136. The lowest BCUT2D eigenvalue weighted by Crippen LogP contribution is -2.51. The number of halogens is 1. The molecule has 108 valence electrons. The largest absolute Gasteiger partial charge is 0.478 e. The van der Waals surface area contributed by atoms with Crippen molar-refractivity contribution in [3.63, 3.8) is 0 Å². The molecule has 4 nitrogen and oxygen atoms in total. The third kappa shape index (κ3) is 3.67. The predicted molar refractivity (Wildman–Crippen MR) is 80.2 cm³/mol. The first-order valence-electron chi connectivity index (χ1n) is 6.31. The van der Waals surface area contributed by atoms with Crippen LogP contribution in [0.5, 0.6) is 5.75 Å². The molecular formula is C14H16ClNO3S. The summed E-state index contributed by atoms with van der Waals surface area (Å²) >= 11 is 7.05. The molecule has 0 spiro atoms. The molecule has 1 heterocycles. The van der Waals surface area contributed by atoms with E-state index in [0.717, 1.165) is 5.75 Å². The molecule has 1 aliphatic heterocycles. The van der Waals surface area contributed by atoms with Crippen LogP contribution in [0.4, 0.5) is 0 Å². The van der Waals surface area contributed by atoms with Gasteiger partial charge in [-0.1, -0.05) is 23.4 Å². The van der Waals surface area contributed by atoms with Crippen LogP contribution < -0.4 is 10.1 Å². The van der Waals surface area contributed by atoms with E-state index in [1.54, 1.807) is 38.1 Å². The SMILES string of the molecule is CC(C)(Oc1ccc(Cl)cc1)C(=O)N[C@H]1CCSC1=O. The van der Waals surface area contributed by atoms with Gasteiger partial charge in [0.1, 0.15) is 5.75 Å². The monoisotopic (exact) mass is 313 g/mol. The smallest absolute Gasteiger partial charge is 0.264 e. The molecule has 2 rings (SSSR count). The van der Waals surface area contributed by atoms with Crippen molar-refractivity contribution in [3.05, 3.63) is 29.3 Å². The molecule has 1 aromatic carbocycles. The number of ether oxygens (including phenoxy) is 1. The fourth-order valence-electron chi connectivity index (χ4n) is 1.80. The molecule has 0 bridgehead atoms. The molecule has 0 radical (unpaired) electrons. The Labute approximate surface area is 127 Å². The van der Waals surface area contributed by atoms with Gasteiger partial charge in [-0.05, 0) is 44.5 Å². The van der Waals surface area contributed by atoms with Crippen LogP contribution in [0.1, 0.15) is 20.3 Å². The van der Waals surface area contributed by atoms with Crippen LogP contribution in [0.15, 0.2) is 24.3 Å². The molecule has 0 aliphatic carbocycles. The van der Waals surface area contributed by atoms with E-state index in [-0.39, 0.29) is 11.0 Å². The van der Waals surface area contributed by atoms with Crippen LogP contribution in [0.25, 0.3) is 0 Å². The average Bonchev–Trinajstić information content (AvgIpc) is 2.78. The molecule has 1 saturated heterocycles. The maximum atomic E-state index is 12.2. The lowest BCUT2D eigenvalue weighted by atomic mass is 10.1. The Balaban J connectivity index is 1.99. The van der Waals surface area contributed by atoms with Crippen LogP contribution in [0, 0.1) is 0 Å². The second-order valence-electron chi connectivity index (χ2n) is 5.05. The molecule has 0 unspecified atom stereocenters. The molecule has 20 heavy (non-hydrogen) atoms. The van der Waals surface area contributed by atoms with Crippen molar-refractivity contribution in [1.29, 1.82) is 0 Å². The molecule has 1 amide bonds. The highest BCUT2D eigenvalue weighted by Gasteiger charge is 2.35. The van der Waals surface area contributed by atoms with Gasteiger partial charge in [-0.15, -0.1) is 0 Å². The summed E-state index contributed by atoms with van der Waals surface area (Å²) in [5.74, 6) is 1.01. The fourth-order valence-corrected chi connectivity index (χ4v) is 2.86. The Hall–Kier alpha value is -1.20. The second-order valence-corrected chi connectivity index (χ2v) is 6.58. The highest BCUT2D eigenvalue weighted by Crippen LogP contribution is 2.23. The standard InChI is InChI=1S/C14H16ClNO3S/c1-14(2,19-10-5-3-9(15)4-6-10)13(18)16-11-7-8-20-12(11)17/h3-6,11H,7-8H2,1-2H3,(H,16,18)/t11-/m0/s1. The van der Waals surface area contributed by atoms with E-state index in [4.69, 9.17) is 16.3 Å². The van der Waals surface area contributed by atoms with Gasteiger partial charge >= 0.3 is 0 Å². The number of nitrogens with one attached hydrogen (secondary N) is 1. The van der Waals surface area contributed by atoms with Crippen molar-refractivity contribution >= 4 is 34.4 Å². The summed E-state index contributed by atoms with van der Waals surface area (Å²) in [6, 6.07) is 6.40. The number of hydrogen-bond acceptors (Lipinski definition) is 4. The summed E-state index contributed by atoms with van der Waals surface area (Å²) < 4.78 is 5.68. The van der Waals surface area contributed by atoms with Crippen molar-refractivity contribution in [3.8, 4) is 5.75 Å². The minimum absolute atomic E-state index is 0.0145. The topological polar surface area (TPSA) is 55.4 Å². The van der Waals surface area contributed by atoms with Crippen LogP contribution in [-0.2, 0) is 9.59 Å². The predicted octanol–water partition coefficient (Wildman–Crippen LogP) is 2.65. The number of rotatable bonds is 4. The third-order valence-corrected chi connectivity index (χ3v) is 4.23. The van der Waals surface area contributed by atoms with Gasteiger partial charge in [0.25, 0.3) is 5.91 Å². The number of amides is 1. The van der Waals surface area contributed by atoms with Crippen LogP contribution in [-0.4, -0.2) is 28.4 Å². The van der Waals surface area contributed by atoms with Crippen LogP contribution >= 0.6 is 23.4 Å². The molecule has 1 fully saturated rings. The van der Waals surface area contributed by atoms with E-state index in [9.17, 15) is 9.59 Å². The zero-order valence-corrected chi connectivity index (χ0v) is 12.9. The van der Waals surface area contributed by atoms with Crippen molar-refractivity contribution in [2.24, 2.45) is 0 Å². The van der Waals surface area contributed by atoms with Gasteiger partial charge in [-0.3, -0.25) is 9.59 Å². The van der Waals surface area contributed by atoms with Gasteiger partial charge < -0.3 is 10.1 Å². The van der Waals surface area contributed by atoms with Gasteiger partial charge in [-0.25, -0.2) is 0 Å². The third-order valence-electron chi connectivity index (χ3n) is 2.97.